The summed E-state index contributed by atoms with van der Waals surface area (Å²) < 4.78 is 2.11. The van der Waals surface area contributed by atoms with Crippen molar-refractivity contribution in [2.24, 2.45) is 0 Å². The standard InChI is InChI=1S/C28H38N6O2/c1-4-5-6-7-8-13-25(35)30-21-14-16-22(17-15-21)31-28-29-19-20-18-24(27(36)33(2)3)34(26(20)32-28)23-11-9-10-12-23/h14-19,23H,4-13H2,1-3H3,(H,30,35)(H,29,31,32). The van der Waals surface area contributed by atoms with E-state index in [1.807, 2.05) is 30.3 Å². The molecule has 0 atom stereocenters. The first-order valence-electron chi connectivity index (χ1n) is 13.2. The van der Waals surface area contributed by atoms with Crippen molar-refractivity contribution in [1.82, 2.24) is 19.4 Å². The summed E-state index contributed by atoms with van der Waals surface area (Å²) in [6, 6.07) is 9.75. The highest BCUT2D eigenvalue weighted by atomic mass is 16.2. The highest BCUT2D eigenvalue weighted by Gasteiger charge is 2.26. The molecule has 0 radical (unpaired) electrons. The predicted octanol–water partition coefficient (Wildman–Crippen LogP) is 6.29. The molecule has 1 aromatic carbocycles. The minimum absolute atomic E-state index is 0.0204. The van der Waals surface area contributed by atoms with Crippen LogP contribution in [0.3, 0.4) is 0 Å². The van der Waals surface area contributed by atoms with Gasteiger partial charge in [-0.05, 0) is 49.6 Å². The van der Waals surface area contributed by atoms with Gasteiger partial charge in [-0.25, -0.2) is 4.98 Å². The Hall–Kier alpha value is -3.42. The van der Waals surface area contributed by atoms with Crippen molar-refractivity contribution in [3.63, 3.8) is 0 Å². The van der Waals surface area contributed by atoms with Gasteiger partial charge in [0, 0.05) is 49.5 Å². The number of rotatable bonds is 11. The SMILES string of the molecule is CCCCCCCC(=O)Nc1ccc(Nc2ncc3cc(C(=O)N(C)C)n(C4CCCC4)c3n2)cc1. The number of fused-ring (bicyclic) bond motifs is 1. The van der Waals surface area contributed by atoms with Gasteiger partial charge in [-0.1, -0.05) is 45.4 Å². The third kappa shape index (κ3) is 6.22. The van der Waals surface area contributed by atoms with Gasteiger partial charge >= 0.3 is 0 Å². The van der Waals surface area contributed by atoms with Crippen LogP contribution in [0.1, 0.15) is 87.7 Å². The lowest BCUT2D eigenvalue weighted by Gasteiger charge is -2.19. The molecule has 0 aliphatic heterocycles. The second-order valence-corrected chi connectivity index (χ2v) is 9.92. The Bertz CT molecular complexity index is 1180. The summed E-state index contributed by atoms with van der Waals surface area (Å²) in [4.78, 5) is 36.0. The van der Waals surface area contributed by atoms with E-state index in [0.29, 0.717) is 18.1 Å². The number of anilines is 3. The van der Waals surface area contributed by atoms with Crippen LogP contribution < -0.4 is 10.6 Å². The van der Waals surface area contributed by atoms with Crippen molar-refractivity contribution >= 4 is 40.2 Å². The van der Waals surface area contributed by atoms with Crippen LogP contribution in [-0.4, -0.2) is 45.3 Å². The Labute approximate surface area is 213 Å². The van der Waals surface area contributed by atoms with Crippen LogP contribution in [0.15, 0.2) is 36.5 Å². The molecule has 2 amide bonds. The molecular weight excluding hydrogens is 452 g/mol. The topological polar surface area (TPSA) is 92.1 Å². The molecule has 36 heavy (non-hydrogen) atoms. The molecular formula is C28H38N6O2. The number of amides is 2. The second-order valence-electron chi connectivity index (χ2n) is 9.92. The van der Waals surface area contributed by atoms with E-state index < -0.39 is 0 Å². The molecule has 2 aromatic heterocycles. The molecule has 1 saturated carbocycles. The third-order valence-corrected chi connectivity index (χ3v) is 6.82. The Kier molecular flexibility index (Phi) is 8.57. The van der Waals surface area contributed by atoms with Crippen LogP contribution in [0.4, 0.5) is 17.3 Å². The maximum Gasteiger partial charge on any atom is 0.270 e. The first-order valence-corrected chi connectivity index (χ1v) is 13.2. The number of benzene rings is 1. The minimum atomic E-state index is -0.0204. The van der Waals surface area contributed by atoms with E-state index in [1.54, 1.807) is 25.2 Å². The van der Waals surface area contributed by atoms with Gasteiger partial charge in [0.1, 0.15) is 11.3 Å². The first kappa shape index (κ1) is 25.7. The van der Waals surface area contributed by atoms with Crippen LogP contribution in [0, 0.1) is 0 Å². The lowest BCUT2D eigenvalue weighted by molar-refractivity contribution is -0.116. The average Bonchev–Trinajstić information content (AvgIpc) is 3.52. The summed E-state index contributed by atoms with van der Waals surface area (Å²) in [5, 5.41) is 7.10. The van der Waals surface area contributed by atoms with Gasteiger partial charge in [0.15, 0.2) is 0 Å². The molecule has 1 aliphatic rings. The predicted molar refractivity (Wildman–Crippen MR) is 145 cm³/mol. The second kappa shape index (κ2) is 12.0. The van der Waals surface area contributed by atoms with Gasteiger partial charge in [0.2, 0.25) is 11.9 Å². The molecule has 3 aromatic rings. The molecule has 0 unspecified atom stereocenters. The smallest absolute Gasteiger partial charge is 0.270 e. The summed E-state index contributed by atoms with van der Waals surface area (Å²) >= 11 is 0. The summed E-state index contributed by atoms with van der Waals surface area (Å²) in [7, 11) is 3.55. The van der Waals surface area contributed by atoms with Crippen LogP contribution in [-0.2, 0) is 4.79 Å². The first-order chi connectivity index (χ1) is 17.5. The molecule has 192 valence electrons. The maximum absolute atomic E-state index is 12.9. The molecule has 1 aliphatic carbocycles. The quantitative estimate of drug-likeness (QED) is 0.308. The Morgan fingerprint density at radius 2 is 1.72 bits per heavy atom. The highest BCUT2D eigenvalue weighted by molar-refractivity contribution is 5.98. The van der Waals surface area contributed by atoms with Crippen molar-refractivity contribution in [2.75, 3.05) is 24.7 Å². The molecule has 8 nitrogen and oxygen atoms in total. The number of nitrogens with zero attached hydrogens (tertiary/aromatic N) is 4. The molecule has 4 rings (SSSR count). The number of aromatic nitrogens is 3. The van der Waals surface area contributed by atoms with Crippen LogP contribution in [0.5, 0.6) is 0 Å². The zero-order chi connectivity index (χ0) is 25.5. The Balaban J connectivity index is 1.45. The fourth-order valence-corrected chi connectivity index (χ4v) is 4.87. The highest BCUT2D eigenvalue weighted by Crippen LogP contribution is 2.35. The number of hydrogen-bond acceptors (Lipinski definition) is 5. The number of hydrogen-bond donors (Lipinski definition) is 2. The Morgan fingerprint density at radius 3 is 2.42 bits per heavy atom. The minimum Gasteiger partial charge on any atom is -0.343 e. The molecule has 8 heteroatoms. The summed E-state index contributed by atoms with van der Waals surface area (Å²) in [6.07, 6.45) is 12.4. The van der Waals surface area contributed by atoms with Gasteiger partial charge in [0.25, 0.3) is 5.91 Å². The third-order valence-electron chi connectivity index (χ3n) is 6.82. The number of carbonyl (C=O) groups is 2. The van der Waals surface area contributed by atoms with Crippen molar-refractivity contribution in [1.29, 1.82) is 0 Å². The average molecular weight is 491 g/mol. The largest absolute Gasteiger partial charge is 0.343 e. The summed E-state index contributed by atoms with van der Waals surface area (Å²) in [5.74, 6) is 0.511. The molecule has 2 N–H and O–H groups in total. The lowest BCUT2D eigenvalue weighted by atomic mass is 10.1. The molecule has 2 heterocycles. The van der Waals surface area contributed by atoms with Gasteiger partial charge in [0.05, 0.1) is 0 Å². The maximum atomic E-state index is 12.9. The fourth-order valence-electron chi connectivity index (χ4n) is 4.87. The van der Waals surface area contributed by atoms with E-state index in [1.165, 1.54) is 19.3 Å². The van der Waals surface area contributed by atoms with E-state index in [9.17, 15) is 9.59 Å². The molecule has 1 fully saturated rings. The number of nitrogens with one attached hydrogen (secondary N) is 2. The summed E-state index contributed by atoms with van der Waals surface area (Å²) in [6.45, 7) is 2.19. The van der Waals surface area contributed by atoms with Crippen LogP contribution in [0.25, 0.3) is 11.0 Å². The van der Waals surface area contributed by atoms with Gasteiger partial charge < -0.3 is 20.1 Å². The van der Waals surface area contributed by atoms with Crippen LogP contribution >= 0.6 is 0 Å². The zero-order valence-corrected chi connectivity index (χ0v) is 21.7. The lowest BCUT2D eigenvalue weighted by Crippen LogP contribution is -2.25. The van der Waals surface area contributed by atoms with Crippen molar-refractivity contribution in [3.05, 3.63) is 42.2 Å². The normalized spacial score (nSPS) is 13.8. The van der Waals surface area contributed by atoms with E-state index in [-0.39, 0.29) is 17.9 Å². The van der Waals surface area contributed by atoms with E-state index in [4.69, 9.17) is 4.98 Å². The van der Waals surface area contributed by atoms with E-state index >= 15 is 0 Å². The zero-order valence-electron chi connectivity index (χ0n) is 21.7. The van der Waals surface area contributed by atoms with E-state index in [2.05, 4.69) is 27.1 Å². The van der Waals surface area contributed by atoms with Crippen molar-refractivity contribution in [3.8, 4) is 0 Å². The number of carbonyl (C=O) groups excluding carboxylic acids is 2. The van der Waals surface area contributed by atoms with Crippen molar-refractivity contribution in [2.45, 2.75) is 77.2 Å². The summed E-state index contributed by atoms with van der Waals surface area (Å²) in [5.41, 5.74) is 3.05. The van der Waals surface area contributed by atoms with Crippen LogP contribution in [0.2, 0.25) is 0 Å². The fraction of sp³-hybridized carbons (Fsp3) is 0.500. The molecule has 0 spiro atoms. The van der Waals surface area contributed by atoms with Gasteiger partial charge in [-0.2, -0.15) is 4.98 Å². The van der Waals surface area contributed by atoms with Gasteiger partial charge in [-0.15, -0.1) is 0 Å². The number of unbranched alkanes of at least 4 members (excludes halogenated alkanes) is 4. The van der Waals surface area contributed by atoms with Crippen molar-refractivity contribution < 1.29 is 9.59 Å². The molecule has 0 bridgehead atoms. The Morgan fingerprint density at radius 1 is 1.03 bits per heavy atom. The van der Waals surface area contributed by atoms with E-state index in [0.717, 1.165) is 60.9 Å². The monoisotopic (exact) mass is 490 g/mol. The van der Waals surface area contributed by atoms with Gasteiger partial charge in [-0.3, -0.25) is 9.59 Å². The molecule has 0 saturated heterocycles.